The SMILES string of the molecule is CCCCCC1CCC(C2CCC(c3ccc(/C=C(\C)C(=O)Oc4ccc(N)cc4C)cc3)CC2)CC1. The molecular formula is C34H47NO2. The van der Waals surface area contributed by atoms with Crippen molar-refractivity contribution in [1.29, 1.82) is 0 Å². The normalized spacial score (nSPS) is 24.6. The van der Waals surface area contributed by atoms with E-state index in [1.165, 1.54) is 82.6 Å². The van der Waals surface area contributed by atoms with Gasteiger partial charge in [0.1, 0.15) is 5.75 Å². The molecular weight excluding hydrogens is 454 g/mol. The van der Waals surface area contributed by atoms with Crippen molar-refractivity contribution in [3.05, 3.63) is 64.7 Å². The molecule has 0 bridgehead atoms. The molecule has 3 heteroatoms. The van der Waals surface area contributed by atoms with Crippen LogP contribution in [0.25, 0.3) is 6.08 Å². The van der Waals surface area contributed by atoms with E-state index in [0.29, 0.717) is 22.9 Å². The van der Waals surface area contributed by atoms with Gasteiger partial charge < -0.3 is 10.5 Å². The quantitative estimate of drug-likeness (QED) is 0.122. The Kier molecular flexibility index (Phi) is 9.88. The van der Waals surface area contributed by atoms with Gasteiger partial charge in [0.15, 0.2) is 0 Å². The van der Waals surface area contributed by atoms with E-state index < -0.39 is 0 Å². The summed E-state index contributed by atoms with van der Waals surface area (Å²) in [4.78, 5) is 12.6. The van der Waals surface area contributed by atoms with Crippen LogP contribution in [0.3, 0.4) is 0 Å². The zero-order chi connectivity index (χ0) is 26.2. The molecule has 0 amide bonds. The average molecular weight is 502 g/mol. The number of unbranched alkanes of at least 4 members (excludes halogenated alkanes) is 2. The van der Waals surface area contributed by atoms with Crippen molar-refractivity contribution in [2.75, 3.05) is 5.73 Å². The Balaban J connectivity index is 1.24. The minimum atomic E-state index is -0.328. The number of rotatable bonds is 9. The maximum absolute atomic E-state index is 12.6. The van der Waals surface area contributed by atoms with E-state index in [2.05, 4.69) is 31.2 Å². The van der Waals surface area contributed by atoms with E-state index in [0.717, 1.165) is 28.9 Å². The Morgan fingerprint density at radius 2 is 1.57 bits per heavy atom. The second-order valence-electron chi connectivity index (χ2n) is 11.8. The number of nitrogens with two attached hydrogens (primary N) is 1. The van der Waals surface area contributed by atoms with Crippen LogP contribution < -0.4 is 10.5 Å². The Hall–Kier alpha value is -2.55. The molecule has 37 heavy (non-hydrogen) atoms. The third-order valence-corrected chi connectivity index (χ3v) is 9.06. The summed E-state index contributed by atoms with van der Waals surface area (Å²) in [5, 5.41) is 0. The summed E-state index contributed by atoms with van der Waals surface area (Å²) >= 11 is 0. The summed E-state index contributed by atoms with van der Waals surface area (Å²) < 4.78 is 5.58. The topological polar surface area (TPSA) is 52.3 Å². The Morgan fingerprint density at radius 1 is 0.919 bits per heavy atom. The van der Waals surface area contributed by atoms with Crippen molar-refractivity contribution in [2.45, 2.75) is 104 Å². The number of aryl methyl sites for hydroxylation is 1. The summed E-state index contributed by atoms with van der Waals surface area (Å²) in [7, 11) is 0. The molecule has 2 N–H and O–H groups in total. The van der Waals surface area contributed by atoms with E-state index in [1.54, 1.807) is 12.1 Å². The maximum atomic E-state index is 12.6. The van der Waals surface area contributed by atoms with Crippen molar-refractivity contribution < 1.29 is 9.53 Å². The number of carbonyl (C=O) groups is 1. The zero-order valence-corrected chi connectivity index (χ0v) is 23.3. The molecule has 0 atom stereocenters. The van der Waals surface area contributed by atoms with Gasteiger partial charge in [-0.3, -0.25) is 0 Å². The minimum Gasteiger partial charge on any atom is -0.423 e. The van der Waals surface area contributed by atoms with Gasteiger partial charge in [-0.15, -0.1) is 0 Å². The fourth-order valence-electron chi connectivity index (χ4n) is 6.70. The van der Waals surface area contributed by atoms with Gasteiger partial charge in [-0.2, -0.15) is 0 Å². The number of hydrogen-bond acceptors (Lipinski definition) is 3. The standard InChI is InChI=1S/C34H47NO2/c1-4-5-6-7-26-8-12-28(13-9-26)30-16-18-31(19-17-30)29-14-10-27(11-15-29)22-25(3)34(36)37-33-21-20-32(35)23-24(33)2/h10-11,14-15,20-23,26,28,30-31H,4-9,12-13,16-19,35H2,1-3H3/b25-22+. The van der Waals surface area contributed by atoms with E-state index in [9.17, 15) is 4.79 Å². The first-order valence-corrected chi connectivity index (χ1v) is 14.8. The molecule has 0 aromatic heterocycles. The summed E-state index contributed by atoms with van der Waals surface area (Å²) in [5.74, 6) is 3.85. The Morgan fingerprint density at radius 3 is 2.19 bits per heavy atom. The van der Waals surface area contributed by atoms with Crippen LogP contribution in [-0.4, -0.2) is 5.97 Å². The lowest BCUT2D eigenvalue weighted by molar-refractivity contribution is -0.130. The highest BCUT2D eigenvalue weighted by atomic mass is 16.5. The van der Waals surface area contributed by atoms with Gasteiger partial charge in [0, 0.05) is 11.3 Å². The van der Waals surface area contributed by atoms with Gasteiger partial charge in [-0.05, 0) is 117 Å². The molecule has 0 heterocycles. The lowest BCUT2D eigenvalue weighted by Gasteiger charge is -2.38. The molecule has 0 saturated heterocycles. The predicted octanol–water partition coefficient (Wildman–Crippen LogP) is 9.25. The van der Waals surface area contributed by atoms with Crippen LogP contribution in [0.15, 0.2) is 48.0 Å². The molecule has 0 unspecified atom stereocenters. The lowest BCUT2D eigenvalue weighted by Crippen LogP contribution is -2.25. The fourth-order valence-corrected chi connectivity index (χ4v) is 6.70. The Labute approximate surface area is 224 Å². The summed E-state index contributed by atoms with van der Waals surface area (Å²) in [6, 6.07) is 14.1. The number of hydrogen-bond donors (Lipinski definition) is 1. The summed E-state index contributed by atoms with van der Waals surface area (Å²) in [6.07, 6.45) is 18.9. The van der Waals surface area contributed by atoms with Crippen LogP contribution in [-0.2, 0) is 4.79 Å². The second-order valence-corrected chi connectivity index (χ2v) is 11.8. The molecule has 2 aromatic carbocycles. The molecule has 2 aliphatic carbocycles. The van der Waals surface area contributed by atoms with E-state index in [4.69, 9.17) is 10.5 Å². The monoisotopic (exact) mass is 501 g/mol. The third kappa shape index (κ3) is 7.72. The highest BCUT2D eigenvalue weighted by Gasteiger charge is 2.31. The first-order chi connectivity index (χ1) is 17.9. The minimum absolute atomic E-state index is 0.328. The molecule has 2 fully saturated rings. The fraction of sp³-hybridized carbons (Fsp3) is 0.559. The molecule has 0 radical (unpaired) electrons. The maximum Gasteiger partial charge on any atom is 0.339 e. The Bertz CT molecular complexity index is 1040. The van der Waals surface area contributed by atoms with Gasteiger partial charge in [0.25, 0.3) is 0 Å². The van der Waals surface area contributed by atoms with Crippen LogP contribution in [0.1, 0.15) is 114 Å². The van der Waals surface area contributed by atoms with Crippen LogP contribution in [0.5, 0.6) is 5.75 Å². The highest BCUT2D eigenvalue weighted by Crippen LogP contribution is 2.44. The lowest BCUT2D eigenvalue weighted by atomic mass is 9.68. The van der Waals surface area contributed by atoms with Gasteiger partial charge in [0.2, 0.25) is 0 Å². The molecule has 2 saturated carbocycles. The summed E-state index contributed by atoms with van der Waals surface area (Å²) in [6.45, 7) is 6.01. The summed E-state index contributed by atoms with van der Waals surface area (Å²) in [5.41, 5.74) is 10.4. The van der Waals surface area contributed by atoms with Crippen molar-refractivity contribution in [3.8, 4) is 5.75 Å². The molecule has 0 aliphatic heterocycles. The third-order valence-electron chi connectivity index (χ3n) is 9.06. The van der Waals surface area contributed by atoms with Gasteiger partial charge >= 0.3 is 5.97 Å². The molecule has 2 aromatic rings. The number of esters is 1. The van der Waals surface area contributed by atoms with E-state index in [-0.39, 0.29) is 5.97 Å². The second kappa shape index (κ2) is 13.3. The highest BCUT2D eigenvalue weighted by molar-refractivity contribution is 5.94. The number of carbonyl (C=O) groups excluding carboxylic acids is 1. The van der Waals surface area contributed by atoms with E-state index >= 15 is 0 Å². The van der Waals surface area contributed by atoms with Crippen LogP contribution in [0.4, 0.5) is 5.69 Å². The van der Waals surface area contributed by atoms with E-state index in [1.807, 2.05) is 26.0 Å². The first kappa shape index (κ1) is 27.5. The first-order valence-electron chi connectivity index (χ1n) is 14.8. The molecule has 0 spiro atoms. The van der Waals surface area contributed by atoms with Crippen LogP contribution in [0, 0.1) is 24.7 Å². The number of nitrogen functional groups attached to an aromatic ring is 1. The number of benzene rings is 2. The van der Waals surface area contributed by atoms with Gasteiger partial charge in [0.05, 0.1) is 0 Å². The predicted molar refractivity (Wildman–Crippen MR) is 156 cm³/mol. The largest absolute Gasteiger partial charge is 0.423 e. The molecule has 3 nitrogen and oxygen atoms in total. The molecule has 200 valence electrons. The van der Waals surface area contributed by atoms with Crippen molar-refractivity contribution in [2.24, 2.45) is 17.8 Å². The zero-order valence-electron chi connectivity index (χ0n) is 23.3. The van der Waals surface area contributed by atoms with Gasteiger partial charge in [-0.1, -0.05) is 69.7 Å². The van der Waals surface area contributed by atoms with Crippen molar-refractivity contribution in [3.63, 3.8) is 0 Å². The average Bonchev–Trinajstić information content (AvgIpc) is 2.91. The van der Waals surface area contributed by atoms with Gasteiger partial charge in [-0.25, -0.2) is 4.79 Å². The van der Waals surface area contributed by atoms with Crippen molar-refractivity contribution in [1.82, 2.24) is 0 Å². The van der Waals surface area contributed by atoms with Crippen LogP contribution in [0.2, 0.25) is 0 Å². The number of ether oxygens (including phenoxy) is 1. The van der Waals surface area contributed by atoms with Crippen molar-refractivity contribution >= 4 is 17.7 Å². The van der Waals surface area contributed by atoms with Crippen LogP contribution >= 0.6 is 0 Å². The molecule has 2 aliphatic rings. The number of anilines is 1. The smallest absolute Gasteiger partial charge is 0.339 e. The molecule has 4 rings (SSSR count).